The molecule has 0 radical (unpaired) electrons. The van der Waals surface area contributed by atoms with Gasteiger partial charge in [-0.05, 0) is 36.4 Å². The average Bonchev–Trinajstić information content (AvgIpc) is 3.74. The van der Waals surface area contributed by atoms with E-state index in [4.69, 9.17) is 19.9 Å². The second-order valence-electron chi connectivity index (χ2n) is 10.8. The molecule has 7 heteroatoms. The van der Waals surface area contributed by atoms with E-state index >= 15 is 0 Å². The fourth-order valence-electron chi connectivity index (χ4n) is 6.61. The Balaban J connectivity index is 1.49. The van der Waals surface area contributed by atoms with Crippen LogP contribution in [0.25, 0.3) is 83.5 Å². The number of nitrogens with zero attached hydrogens (tertiary/aromatic N) is 7. The fraction of sp³-hybridized carbons (Fsp3) is 0. The topological polar surface area (TPSA) is 65.3 Å². The van der Waals surface area contributed by atoms with E-state index in [1.807, 2.05) is 42.5 Å². The van der Waals surface area contributed by atoms with Crippen molar-refractivity contribution in [2.24, 2.45) is 0 Å². The Bertz CT molecular complexity index is 2730. The first-order valence-corrected chi connectivity index (χ1v) is 14.3. The zero-order valence-electron chi connectivity index (χ0n) is 22.8. The first kappa shape index (κ1) is 22.6. The number of rotatable bonds is 2. The molecule has 0 spiro atoms. The molecule has 0 N–H and O–H groups in total. The lowest BCUT2D eigenvalue weighted by molar-refractivity contribution is 0.986. The van der Waals surface area contributed by atoms with Gasteiger partial charge in [-0.15, -0.1) is 0 Å². The number of benzene rings is 5. The lowest BCUT2D eigenvalue weighted by atomic mass is 10.1. The van der Waals surface area contributed by atoms with E-state index in [1.165, 1.54) is 0 Å². The van der Waals surface area contributed by atoms with Crippen LogP contribution in [0.3, 0.4) is 0 Å². The summed E-state index contributed by atoms with van der Waals surface area (Å²) in [4.78, 5) is 20.8. The van der Waals surface area contributed by atoms with Crippen LogP contribution in [-0.2, 0) is 0 Å². The molecular weight excluding hydrogens is 530 g/mol. The van der Waals surface area contributed by atoms with Gasteiger partial charge in [0.05, 0.1) is 44.3 Å². The van der Waals surface area contributed by atoms with Crippen LogP contribution in [0.5, 0.6) is 0 Å². The van der Waals surface area contributed by atoms with Crippen molar-refractivity contribution in [3.05, 3.63) is 127 Å². The van der Waals surface area contributed by atoms with Gasteiger partial charge >= 0.3 is 0 Å². The molecule has 0 unspecified atom stereocenters. The van der Waals surface area contributed by atoms with Gasteiger partial charge in [0.15, 0.2) is 16.9 Å². The Kier molecular flexibility index (Phi) is 4.33. The first-order valence-electron chi connectivity index (χ1n) is 14.3. The summed E-state index contributed by atoms with van der Waals surface area (Å²) in [6.45, 7) is 0. The van der Waals surface area contributed by atoms with Gasteiger partial charge in [0, 0.05) is 16.3 Å². The highest BCUT2D eigenvalue weighted by Crippen LogP contribution is 2.38. The molecule has 10 aromatic rings. The Morgan fingerprint density at radius 1 is 0.419 bits per heavy atom. The lowest BCUT2D eigenvalue weighted by Gasteiger charge is -2.12. The zero-order chi connectivity index (χ0) is 28.1. The van der Waals surface area contributed by atoms with Crippen LogP contribution < -0.4 is 0 Å². The van der Waals surface area contributed by atoms with Gasteiger partial charge in [-0.3, -0.25) is 13.4 Å². The smallest absolute Gasteiger partial charge is 0.237 e. The van der Waals surface area contributed by atoms with Crippen molar-refractivity contribution in [1.29, 1.82) is 0 Å². The van der Waals surface area contributed by atoms with E-state index in [2.05, 4.69) is 98.3 Å². The molecule has 0 aliphatic heterocycles. The van der Waals surface area contributed by atoms with Crippen LogP contribution in [0.15, 0.2) is 127 Å². The molecule has 43 heavy (non-hydrogen) atoms. The predicted octanol–water partition coefficient (Wildman–Crippen LogP) is 8.00. The molecule has 0 fully saturated rings. The van der Waals surface area contributed by atoms with Gasteiger partial charge in [0.2, 0.25) is 5.95 Å². The quantitative estimate of drug-likeness (QED) is 0.218. The third-order valence-corrected chi connectivity index (χ3v) is 8.42. The van der Waals surface area contributed by atoms with E-state index in [0.29, 0.717) is 5.95 Å². The number of aromatic nitrogens is 7. The molecule has 0 aliphatic rings. The van der Waals surface area contributed by atoms with Crippen LogP contribution in [0.1, 0.15) is 0 Å². The van der Waals surface area contributed by atoms with Crippen molar-refractivity contribution in [2.45, 2.75) is 0 Å². The van der Waals surface area contributed by atoms with Gasteiger partial charge in [0.25, 0.3) is 0 Å². The molecule has 0 bridgehead atoms. The van der Waals surface area contributed by atoms with Crippen molar-refractivity contribution in [3.63, 3.8) is 0 Å². The fourth-order valence-corrected chi connectivity index (χ4v) is 6.61. The Morgan fingerprint density at radius 2 is 0.977 bits per heavy atom. The van der Waals surface area contributed by atoms with Gasteiger partial charge in [0.1, 0.15) is 0 Å². The molecule has 0 saturated heterocycles. The van der Waals surface area contributed by atoms with Crippen molar-refractivity contribution in [3.8, 4) is 17.2 Å². The minimum atomic E-state index is 0.603. The van der Waals surface area contributed by atoms with E-state index < -0.39 is 0 Å². The minimum absolute atomic E-state index is 0.603. The second-order valence-corrected chi connectivity index (χ2v) is 10.8. The molecule has 5 heterocycles. The zero-order valence-corrected chi connectivity index (χ0v) is 22.8. The van der Waals surface area contributed by atoms with Crippen LogP contribution in [0, 0.1) is 0 Å². The van der Waals surface area contributed by atoms with E-state index in [9.17, 15) is 0 Å². The van der Waals surface area contributed by atoms with Gasteiger partial charge in [-0.25, -0.2) is 19.9 Å². The normalized spacial score (nSPS) is 12.2. The molecule has 0 saturated carbocycles. The summed E-state index contributed by atoms with van der Waals surface area (Å²) in [6, 6.07) is 43.6. The average molecular weight is 552 g/mol. The largest absolute Gasteiger partial charge is 0.285 e. The third kappa shape index (κ3) is 2.97. The summed E-state index contributed by atoms with van der Waals surface area (Å²) < 4.78 is 6.68. The molecule has 0 atom stereocenters. The van der Waals surface area contributed by atoms with Gasteiger partial charge in [-0.1, -0.05) is 91.0 Å². The lowest BCUT2D eigenvalue weighted by Crippen LogP contribution is -2.07. The predicted molar refractivity (Wildman–Crippen MR) is 172 cm³/mol. The van der Waals surface area contributed by atoms with E-state index in [-0.39, 0.29) is 0 Å². The summed E-state index contributed by atoms with van der Waals surface area (Å²) in [5.74, 6) is 0.603. The number of para-hydroxylation sites is 6. The first-order chi connectivity index (χ1) is 21.3. The molecule has 5 aromatic heterocycles. The minimum Gasteiger partial charge on any atom is -0.285 e. The van der Waals surface area contributed by atoms with Crippen LogP contribution in [0.4, 0.5) is 0 Å². The van der Waals surface area contributed by atoms with Gasteiger partial charge < -0.3 is 0 Å². The molecule has 0 aliphatic carbocycles. The highest BCUT2D eigenvalue weighted by atomic mass is 15.2. The van der Waals surface area contributed by atoms with Crippen LogP contribution in [0.2, 0.25) is 0 Å². The summed E-state index contributed by atoms with van der Waals surface area (Å²) >= 11 is 0. The summed E-state index contributed by atoms with van der Waals surface area (Å²) in [7, 11) is 0. The maximum absolute atomic E-state index is 5.31. The second kappa shape index (κ2) is 8.24. The number of imidazole rings is 2. The van der Waals surface area contributed by atoms with Gasteiger partial charge in [-0.2, -0.15) is 0 Å². The molecule has 200 valence electrons. The van der Waals surface area contributed by atoms with Crippen molar-refractivity contribution in [2.75, 3.05) is 0 Å². The summed E-state index contributed by atoms with van der Waals surface area (Å²) in [6.07, 6.45) is 0. The number of fused-ring (bicyclic) bond motifs is 13. The molecule has 10 rings (SSSR count). The van der Waals surface area contributed by atoms with Crippen molar-refractivity contribution >= 4 is 66.3 Å². The Hall–Kier alpha value is -6.08. The van der Waals surface area contributed by atoms with Crippen LogP contribution in [-0.4, -0.2) is 33.3 Å². The van der Waals surface area contributed by atoms with E-state index in [1.54, 1.807) is 0 Å². The molecular formula is C36H21N7. The maximum atomic E-state index is 5.31. The highest BCUT2D eigenvalue weighted by molar-refractivity contribution is 6.11. The summed E-state index contributed by atoms with van der Waals surface area (Å²) in [5.41, 5.74) is 11.3. The Morgan fingerprint density at radius 3 is 1.72 bits per heavy atom. The van der Waals surface area contributed by atoms with E-state index in [0.717, 1.165) is 77.6 Å². The molecule has 0 amide bonds. The Labute approximate surface area is 243 Å². The summed E-state index contributed by atoms with van der Waals surface area (Å²) in [5, 5.41) is 2.10. The van der Waals surface area contributed by atoms with Crippen molar-refractivity contribution < 1.29 is 0 Å². The van der Waals surface area contributed by atoms with Crippen molar-refractivity contribution in [1.82, 2.24) is 33.3 Å². The monoisotopic (exact) mass is 551 g/mol. The SMILES string of the molecule is c1ccc(-c2nc(-n3c4ccccc4c4c3n3c5ccccc5nc3c3nc5ccccc5n34)nc3ccccc23)cc1. The number of hydrogen-bond donors (Lipinski definition) is 0. The number of hydrogen-bond acceptors (Lipinski definition) is 4. The molecule has 7 nitrogen and oxygen atoms in total. The standard InChI is InChI=1S/C36H21N7/c1-2-12-22(13-3-1)31-23-14-4-6-16-25(23)39-36(40-31)43-28-19-9-5-15-24(28)32-35(43)42-30-21-11-8-18-27(30)38-34(42)33-37-26-17-7-10-20-29(26)41(32)33/h1-21H. The third-order valence-electron chi connectivity index (χ3n) is 8.42. The molecule has 5 aromatic carbocycles. The highest BCUT2D eigenvalue weighted by Gasteiger charge is 2.25. The van der Waals surface area contributed by atoms with Crippen LogP contribution >= 0.6 is 0 Å². The maximum Gasteiger partial charge on any atom is 0.237 e.